The first-order valence-corrected chi connectivity index (χ1v) is 6.64. The molecule has 1 aromatic carbocycles. The molecule has 4 nitrogen and oxygen atoms in total. The second-order valence-corrected chi connectivity index (χ2v) is 5.37. The first-order valence-electron chi connectivity index (χ1n) is 6.64. The van der Waals surface area contributed by atoms with Gasteiger partial charge in [0.25, 0.3) is 0 Å². The summed E-state index contributed by atoms with van der Waals surface area (Å²) in [5, 5.41) is 10.1. The molecular formula is C15H26N2O2. The highest BCUT2D eigenvalue weighted by atomic mass is 16.5. The molecule has 0 heterocycles. The van der Waals surface area contributed by atoms with Crippen molar-refractivity contribution in [2.75, 3.05) is 27.7 Å². The Balaban J connectivity index is 3.23. The Kier molecular flexibility index (Phi) is 5.79. The topological polar surface area (TPSA) is 58.7 Å². The van der Waals surface area contributed by atoms with Gasteiger partial charge in [-0.2, -0.15) is 0 Å². The predicted octanol–water partition coefficient (Wildman–Crippen LogP) is 1.74. The number of nitrogens with zero attached hydrogens (tertiary/aromatic N) is 1. The molecule has 108 valence electrons. The van der Waals surface area contributed by atoms with E-state index in [9.17, 15) is 5.11 Å². The van der Waals surface area contributed by atoms with Crippen LogP contribution in [-0.4, -0.2) is 43.9 Å². The standard InChI is InChI=1S/C15H26N2O2/c1-10(2)11-6-7-12(14(8-11)19-5)15(17(3)4)13(18)9-16/h6-8,10,13,15,18H,9,16H2,1-5H3. The van der Waals surface area contributed by atoms with Crippen LogP contribution in [0.1, 0.15) is 36.9 Å². The van der Waals surface area contributed by atoms with Crippen LogP contribution in [-0.2, 0) is 0 Å². The summed E-state index contributed by atoms with van der Waals surface area (Å²) in [6, 6.07) is 5.99. The lowest BCUT2D eigenvalue weighted by Crippen LogP contribution is -2.36. The summed E-state index contributed by atoms with van der Waals surface area (Å²) in [6.45, 7) is 4.51. The van der Waals surface area contributed by atoms with Crippen LogP contribution in [0.15, 0.2) is 18.2 Å². The first-order chi connectivity index (χ1) is 8.92. The molecule has 2 atom stereocenters. The minimum absolute atomic E-state index is 0.166. The van der Waals surface area contributed by atoms with Crippen molar-refractivity contribution in [1.29, 1.82) is 0 Å². The molecule has 1 aromatic rings. The van der Waals surface area contributed by atoms with Gasteiger partial charge in [0.2, 0.25) is 0 Å². The Morgan fingerprint density at radius 3 is 2.37 bits per heavy atom. The molecule has 0 aliphatic rings. The third-order valence-electron chi connectivity index (χ3n) is 3.41. The number of methoxy groups -OCH3 is 1. The molecule has 0 saturated carbocycles. The fraction of sp³-hybridized carbons (Fsp3) is 0.600. The zero-order chi connectivity index (χ0) is 14.6. The van der Waals surface area contributed by atoms with E-state index in [4.69, 9.17) is 10.5 Å². The Bertz CT molecular complexity index is 405. The third kappa shape index (κ3) is 3.69. The highest BCUT2D eigenvalue weighted by Gasteiger charge is 2.25. The van der Waals surface area contributed by atoms with Crippen LogP contribution in [0.4, 0.5) is 0 Å². The van der Waals surface area contributed by atoms with E-state index in [0.29, 0.717) is 5.92 Å². The summed E-state index contributed by atoms with van der Waals surface area (Å²) in [6.07, 6.45) is -0.617. The van der Waals surface area contributed by atoms with Gasteiger partial charge in [-0.25, -0.2) is 0 Å². The molecule has 0 fully saturated rings. The van der Waals surface area contributed by atoms with Crippen molar-refractivity contribution in [1.82, 2.24) is 4.90 Å². The van der Waals surface area contributed by atoms with Crippen molar-refractivity contribution >= 4 is 0 Å². The van der Waals surface area contributed by atoms with Crippen molar-refractivity contribution in [3.63, 3.8) is 0 Å². The molecule has 0 amide bonds. The SMILES string of the molecule is COc1cc(C(C)C)ccc1C(C(O)CN)N(C)C. The van der Waals surface area contributed by atoms with Crippen molar-refractivity contribution in [2.24, 2.45) is 5.73 Å². The second-order valence-electron chi connectivity index (χ2n) is 5.37. The van der Waals surface area contributed by atoms with Crippen molar-refractivity contribution in [3.05, 3.63) is 29.3 Å². The van der Waals surface area contributed by atoms with E-state index in [1.54, 1.807) is 7.11 Å². The van der Waals surface area contributed by atoms with E-state index >= 15 is 0 Å². The van der Waals surface area contributed by atoms with Gasteiger partial charge < -0.3 is 15.6 Å². The predicted molar refractivity (Wildman–Crippen MR) is 78.6 cm³/mol. The average Bonchev–Trinajstić information content (AvgIpc) is 2.38. The van der Waals surface area contributed by atoms with E-state index in [0.717, 1.165) is 11.3 Å². The molecule has 0 aromatic heterocycles. The minimum atomic E-state index is -0.617. The van der Waals surface area contributed by atoms with Crippen LogP contribution >= 0.6 is 0 Å². The molecule has 19 heavy (non-hydrogen) atoms. The third-order valence-corrected chi connectivity index (χ3v) is 3.41. The van der Waals surface area contributed by atoms with Crippen molar-refractivity contribution < 1.29 is 9.84 Å². The summed E-state index contributed by atoms with van der Waals surface area (Å²) < 4.78 is 5.48. The van der Waals surface area contributed by atoms with E-state index in [1.807, 2.05) is 31.1 Å². The summed E-state index contributed by atoms with van der Waals surface area (Å²) >= 11 is 0. The number of hydrogen-bond donors (Lipinski definition) is 2. The Morgan fingerprint density at radius 2 is 1.95 bits per heavy atom. The molecule has 0 aliphatic carbocycles. The van der Waals surface area contributed by atoms with E-state index < -0.39 is 6.10 Å². The van der Waals surface area contributed by atoms with Crippen LogP contribution in [0, 0.1) is 0 Å². The number of likely N-dealkylation sites (N-methyl/N-ethyl adjacent to an activating group) is 1. The minimum Gasteiger partial charge on any atom is -0.496 e. The Hall–Kier alpha value is -1.10. The van der Waals surface area contributed by atoms with Gasteiger partial charge in [0, 0.05) is 12.1 Å². The van der Waals surface area contributed by atoms with Crippen LogP contribution in [0.5, 0.6) is 5.75 Å². The van der Waals surface area contributed by atoms with Gasteiger partial charge >= 0.3 is 0 Å². The molecule has 3 N–H and O–H groups in total. The van der Waals surface area contributed by atoms with Gasteiger partial charge in [0.1, 0.15) is 5.75 Å². The number of hydrogen-bond acceptors (Lipinski definition) is 4. The smallest absolute Gasteiger partial charge is 0.124 e. The number of nitrogens with two attached hydrogens (primary N) is 1. The van der Waals surface area contributed by atoms with Gasteiger partial charge in [-0.05, 0) is 31.6 Å². The highest BCUT2D eigenvalue weighted by Crippen LogP contribution is 2.33. The zero-order valence-electron chi connectivity index (χ0n) is 12.6. The van der Waals surface area contributed by atoms with Crippen molar-refractivity contribution in [3.8, 4) is 5.75 Å². The quantitative estimate of drug-likeness (QED) is 0.823. The lowest BCUT2D eigenvalue weighted by molar-refractivity contribution is 0.0808. The number of aliphatic hydroxyl groups is 1. The zero-order valence-corrected chi connectivity index (χ0v) is 12.6. The van der Waals surface area contributed by atoms with Crippen LogP contribution in [0.25, 0.3) is 0 Å². The molecule has 2 unspecified atom stereocenters. The van der Waals surface area contributed by atoms with Gasteiger partial charge in [-0.1, -0.05) is 26.0 Å². The maximum atomic E-state index is 10.1. The summed E-state index contributed by atoms with van der Waals surface area (Å²) in [7, 11) is 5.52. The summed E-state index contributed by atoms with van der Waals surface area (Å²) in [5.41, 5.74) is 7.79. The monoisotopic (exact) mass is 266 g/mol. The molecular weight excluding hydrogens is 240 g/mol. The molecule has 0 saturated heterocycles. The van der Waals surface area contributed by atoms with Gasteiger partial charge in [0.15, 0.2) is 0 Å². The highest BCUT2D eigenvalue weighted by molar-refractivity contribution is 5.41. The normalized spacial score (nSPS) is 14.8. The fourth-order valence-corrected chi connectivity index (χ4v) is 2.29. The number of aliphatic hydroxyl groups excluding tert-OH is 1. The summed E-state index contributed by atoms with van der Waals surface area (Å²) in [4.78, 5) is 1.96. The average molecular weight is 266 g/mol. The first kappa shape index (κ1) is 16.0. The molecule has 4 heteroatoms. The van der Waals surface area contributed by atoms with Gasteiger partial charge in [0.05, 0.1) is 19.3 Å². The number of ether oxygens (including phenoxy) is 1. The lowest BCUT2D eigenvalue weighted by atomic mass is 9.95. The fourth-order valence-electron chi connectivity index (χ4n) is 2.29. The van der Waals surface area contributed by atoms with Gasteiger partial charge in [-0.15, -0.1) is 0 Å². The summed E-state index contributed by atoms with van der Waals surface area (Å²) in [5.74, 6) is 1.25. The van der Waals surface area contributed by atoms with E-state index in [1.165, 1.54) is 5.56 Å². The molecule has 0 spiro atoms. The second kappa shape index (κ2) is 6.89. The maximum Gasteiger partial charge on any atom is 0.124 e. The lowest BCUT2D eigenvalue weighted by Gasteiger charge is -2.30. The Morgan fingerprint density at radius 1 is 1.32 bits per heavy atom. The molecule has 0 radical (unpaired) electrons. The maximum absolute atomic E-state index is 10.1. The molecule has 1 rings (SSSR count). The number of benzene rings is 1. The van der Waals surface area contributed by atoms with Crippen LogP contribution < -0.4 is 10.5 Å². The van der Waals surface area contributed by atoms with E-state index in [2.05, 4.69) is 19.9 Å². The van der Waals surface area contributed by atoms with E-state index in [-0.39, 0.29) is 12.6 Å². The number of rotatable bonds is 6. The van der Waals surface area contributed by atoms with Crippen molar-refractivity contribution in [2.45, 2.75) is 31.9 Å². The van der Waals surface area contributed by atoms with Gasteiger partial charge in [-0.3, -0.25) is 4.90 Å². The largest absolute Gasteiger partial charge is 0.496 e. The van der Waals surface area contributed by atoms with Crippen LogP contribution in [0.3, 0.4) is 0 Å². The molecule has 0 bridgehead atoms. The van der Waals surface area contributed by atoms with Crippen LogP contribution in [0.2, 0.25) is 0 Å². The molecule has 0 aliphatic heterocycles. The Labute approximate surface area is 116 Å².